The van der Waals surface area contributed by atoms with Crippen LogP contribution in [0.3, 0.4) is 0 Å². The lowest BCUT2D eigenvalue weighted by atomic mass is 9.88. The van der Waals surface area contributed by atoms with E-state index in [2.05, 4.69) is 29.0 Å². The second-order valence-electron chi connectivity index (χ2n) is 9.20. The molecular formula is C25H35N3O3. The van der Waals surface area contributed by atoms with Crippen LogP contribution in [0.2, 0.25) is 0 Å². The minimum atomic E-state index is -0.0250. The largest absolute Gasteiger partial charge is 0.483 e. The third-order valence-corrected chi connectivity index (χ3v) is 7.19. The lowest BCUT2D eigenvalue weighted by Gasteiger charge is -2.46. The van der Waals surface area contributed by atoms with Crippen molar-refractivity contribution in [3.05, 3.63) is 42.0 Å². The Morgan fingerprint density at radius 3 is 2.58 bits per heavy atom. The molecule has 0 radical (unpaired) electrons. The number of hydrogen-bond donors (Lipinski definition) is 0. The smallest absolute Gasteiger partial charge is 0.260 e. The van der Waals surface area contributed by atoms with Gasteiger partial charge in [-0.05, 0) is 70.3 Å². The van der Waals surface area contributed by atoms with E-state index in [0.717, 1.165) is 69.5 Å². The SMILES string of the molecule is CN1CCC(C(=O)N2CCC[C@@H]3[C@H]2C/C=C/Cc2ccccc2OCC(=O)N3C)CC1. The van der Waals surface area contributed by atoms with Crippen LogP contribution in [-0.2, 0) is 16.0 Å². The van der Waals surface area contributed by atoms with Crippen LogP contribution in [0.4, 0.5) is 0 Å². The van der Waals surface area contributed by atoms with Gasteiger partial charge in [-0.15, -0.1) is 0 Å². The minimum absolute atomic E-state index is 0.0250. The molecule has 0 N–H and O–H groups in total. The second-order valence-corrected chi connectivity index (χ2v) is 9.20. The molecule has 1 aromatic carbocycles. The van der Waals surface area contributed by atoms with Gasteiger partial charge in [0.15, 0.2) is 6.61 Å². The second kappa shape index (κ2) is 9.86. The van der Waals surface area contributed by atoms with Crippen LogP contribution in [0.15, 0.2) is 36.4 Å². The number of ether oxygens (including phenoxy) is 1. The molecule has 3 aliphatic rings. The molecule has 2 atom stereocenters. The molecule has 168 valence electrons. The third-order valence-electron chi connectivity index (χ3n) is 7.19. The van der Waals surface area contributed by atoms with Crippen molar-refractivity contribution in [2.75, 3.05) is 40.3 Å². The molecule has 0 saturated carbocycles. The number of piperidine rings is 2. The Morgan fingerprint density at radius 1 is 1.00 bits per heavy atom. The van der Waals surface area contributed by atoms with Gasteiger partial charge in [0.25, 0.3) is 5.91 Å². The van der Waals surface area contributed by atoms with Gasteiger partial charge in [0.1, 0.15) is 5.75 Å². The van der Waals surface area contributed by atoms with Gasteiger partial charge in [-0.25, -0.2) is 0 Å². The molecule has 2 fully saturated rings. The Bertz CT molecular complexity index is 816. The monoisotopic (exact) mass is 425 g/mol. The van der Waals surface area contributed by atoms with Gasteiger partial charge in [0, 0.05) is 19.5 Å². The summed E-state index contributed by atoms with van der Waals surface area (Å²) in [6.45, 7) is 2.78. The molecule has 6 heteroatoms. The van der Waals surface area contributed by atoms with Crippen LogP contribution >= 0.6 is 0 Å². The molecule has 1 aromatic rings. The van der Waals surface area contributed by atoms with Gasteiger partial charge in [0.2, 0.25) is 5.91 Å². The van der Waals surface area contributed by atoms with E-state index in [9.17, 15) is 9.59 Å². The number of hydrogen-bond acceptors (Lipinski definition) is 4. The highest BCUT2D eigenvalue weighted by molar-refractivity contribution is 5.80. The molecule has 0 aromatic heterocycles. The number of amides is 2. The molecule has 4 rings (SSSR count). The molecule has 2 saturated heterocycles. The first-order valence-corrected chi connectivity index (χ1v) is 11.6. The molecule has 0 bridgehead atoms. The first-order valence-electron chi connectivity index (χ1n) is 11.6. The van der Waals surface area contributed by atoms with E-state index >= 15 is 0 Å². The number of fused-ring (bicyclic) bond motifs is 2. The number of carbonyl (C=O) groups is 2. The fourth-order valence-electron chi connectivity index (χ4n) is 5.22. The number of benzene rings is 1. The van der Waals surface area contributed by atoms with E-state index in [0.29, 0.717) is 0 Å². The van der Waals surface area contributed by atoms with Crippen molar-refractivity contribution >= 4 is 11.8 Å². The topological polar surface area (TPSA) is 53.1 Å². The Labute approximate surface area is 185 Å². The highest BCUT2D eigenvalue weighted by atomic mass is 16.5. The highest BCUT2D eigenvalue weighted by Gasteiger charge is 2.39. The Kier molecular flexibility index (Phi) is 6.96. The quantitative estimate of drug-likeness (QED) is 0.650. The summed E-state index contributed by atoms with van der Waals surface area (Å²) in [6, 6.07) is 7.95. The molecule has 0 spiro atoms. The molecule has 0 aliphatic carbocycles. The maximum absolute atomic E-state index is 13.5. The average molecular weight is 426 g/mol. The number of nitrogens with zero attached hydrogens (tertiary/aromatic N) is 3. The van der Waals surface area contributed by atoms with Crippen molar-refractivity contribution < 1.29 is 14.3 Å². The van der Waals surface area contributed by atoms with Gasteiger partial charge in [-0.3, -0.25) is 9.59 Å². The summed E-state index contributed by atoms with van der Waals surface area (Å²) >= 11 is 0. The van der Waals surface area contributed by atoms with Crippen LogP contribution in [0, 0.1) is 5.92 Å². The van der Waals surface area contributed by atoms with Gasteiger partial charge in [-0.1, -0.05) is 30.4 Å². The standard InChI is InChI=1S/C25H35N3O3/c1-26-16-13-20(14-17-26)25(30)28-15-7-11-21-22(28)10-5-3-8-19-9-4-6-12-23(19)31-18-24(29)27(21)2/h3-6,9,12,20-22H,7-8,10-11,13-18H2,1-2H3/b5-3+/t21-,22-/m1/s1. The average Bonchev–Trinajstić information content (AvgIpc) is 2.79. The fourth-order valence-corrected chi connectivity index (χ4v) is 5.22. The van der Waals surface area contributed by atoms with E-state index < -0.39 is 0 Å². The van der Waals surface area contributed by atoms with E-state index in [1.54, 1.807) is 0 Å². The van der Waals surface area contributed by atoms with Crippen molar-refractivity contribution in [2.24, 2.45) is 5.92 Å². The number of likely N-dealkylation sites (tertiary alicyclic amines) is 2. The predicted octanol–water partition coefficient (Wildman–Crippen LogP) is 2.73. The normalized spacial score (nSPS) is 27.4. The zero-order valence-corrected chi connectivity index (χ0v) is 18.8. The fraction of sp³-hybridized carbons (Fsp3) is 0.600. The maximum atomic E-state index is 13.5. The molecule has 2 amide bonds. The van der Waals surface area contributed by atoms with E-state index in [1.165, 1.54) is 0 Å². The van der Waals surface area contributed by atoms with Crippen molar-refractivity contribution in [1.29, 1.82) is 0 Å². The highest BCUT2D eigenvalue weighted by Crippen LogP contribution is 2.29. The molecule has 6 nitrogen and oxygen atoms in total. The van der Waals surface area contributed by atoms with Crippen molar-refractivity contribution in [2.45, 2.75) is 50.6 Å². The van der Waals surface area contributed by atoms with Crippen LogP contribution in [0.1, 0.15) is 37.7 Å². The van der Waals surface area contributed by atoms with Crippen molar-refractivity contribution in [1.82, 2.24) is 14.7 Å². The van der Waals surface area contributed by atoms with Crippen LogP contribution < -0.4 is 4.74 Å². The Hall–Kier alpha value is -2.34. The summed E-state index contributed by atoms with van der Waals surface area (Å²) in [4.78, 5) is 32.7. The number of allylic oxidation sites excluding steroid dienone is 1. The third kappa shape index (κ3) is 4.95. The first-order chi connectivity index (χ1) is 15.0. The molecular weight excluding hydrogens is 390 g/mol. The lowest BCUT2D eigenvalue weighted by Crippen LogP contribution is -2.59. The number of carbonyl (C=O) groups excluding carboxylic acids is 2. The number of para-hydroxylation sites is 1. The van der Waals surface area contributed by atoms with Crippen molar-refractivity contribution in [3.8, 4) is 5.75 Å². The summed E-state index contributed by atoms with van der Waals surface area (Å²) < 4.78 is 5.89. The van der Waals surface area contributed by atoms with Gasteiger partial charge in [-0.2, -0.15) is 0 Å². The Morgan fingerprint density at radius 2 is 1.77 bits per heavy atom. The Balaban J connectivity index is 1.56. The van der Waals surface area contributed by atoms with Crippen LogP contribution in [0.25, 0.3) is 0 Å². The first kappa shape index (κ1) is 21.9. The van der Waals surface area contributed by atoms with E-state index in [4.69, 9.17) is 4.74 Å². The van der Waals surface area contributed by atoms with Crippen LogP contribution in [-0.4, -0.2) is 78.9 Å². The number of rotatable bonds is 1. The minimum Gasteiger partial charge on any atom is -0.483 e. The molecule has 0 unspecified atom stereocenters. The predicted molar refractivity (Wildman–Crippen MR) is 121 cm³/mol. The zero-order valence-electron chi connectivity index (χ0n) is 18.8. The summed E-state index contributed by atoms with van der Waals surface area (Å²) in [6.07, 6.45) is 9.63. The molecule has 3 aliphatic heterocycles. The number of likely N-dealkylation sites (N-methyl/N-ethyl adjacent to an activating group) is 1. The zero-order chi connectivity index (χ0) is 21.8. The molecule has 3 heterocycles. The summed E-state index contributed by atoms with van der Waals surface area (Å²) in [7, 11) is 3.99. The van der Waals surface area contributed by atoms with Gasteiger partial charge < -0.3 is 19.4 Å². The van der Waals surface area contributed by atoms with E-state index in [-0.39, 0.29) is 36.4 Å². The lowest BCUT2D eigenvalue weighted by molar-refractivity contribution is -0.147. The summed E-state index contributed by atoms with van der Waals surface area (Å²) in [5.41, 5.74) is 1.08. The maximum Gasteiger partial charge on any atom is 0.260 e. The molecule has 31 heavy (non-hydrogen) atoms. The van der Waals surface area contributed by atoms with Crippen molar-refractivity contribution in [3.63, 3.8) is 0 Å². The summed E-state index contributed by atoms with van der Waals surface area (Å²) in [5, 5.41) is 0. The summed E-state index contributed by atoms with van der Waals surface area (Å²) in [5.74, 6) is 1.14. The van der Waals surface area contributed by atoms with E-state index in [1.807, 2.05) is 36.2 Å². The van der Waals surface area contributed by atoms with Gasteiger partial charge >= 0.3 is 0 Å². The van der Waals surface area contributed by atoms with Crippen LogP contribution in [0.5, 0.6) is 5.75 Å². The van der Waals surface area contributed by atoms with Gasteiger partial charge in [0.05, 0.1) is 12.1 Å².